The highest BCUT2D eigenvalue weighted by molar-refractivity contribution is 7.91. The molecule has 0 aromatic rings. The van der Waals surface area contributed by atoms with Crippen molar-refractivity contribution < 1.29 is 13.2 Å². The lowest BCUT2D eigenvalue weighted by atomic mass is 9.74. The summed E-state index contributed by atoms with van der Waals surface area (Å²) in [6, 6.07) is 0. The predicted octanol–water partition coefficient (Wildman–Crippen LogP) is 1.94. The van der Waals surface area contributed by atoms with Crippen LogP contribution in [0.3, 0.4) is 0 Å². The van der Waals surface area contributed by atoms with Crippen molar-refractivity contribution >= 4 is 15.6 Å². The Hall–Kier alpha value is -0.420. The van der Waals surface area contributed by atoms with Gasteiger partial charge in [-0.05, 0) is 33.6 Å². The molecule has 1 heterocycles. The summed E-state index contributed by atoms with van der Waals surface area (Å²) >= 11 is 0. The zero-order valence-corrected chi connectivity index (χ0v) is 13.8. The first kappa shape index (κ1) is 16.6. The van der Waals surface area contributed by atoms with E-state index in [1.807, 2.05) is 41.5 Å². The first-order chi connectivity index (χ1) is 8.28. The van der Waals surface area contributed by atoms with Crippen LogP contribution in [-0.4, -0.2) is 36.8 Å². The molecule has 0 atom stereocenters. The van der Waals surface area contributed by atoms with Crippen molar-refractivity contribution in [2.75, 3.05) is 11.5 Å². The fraction of sp³-hybridized carbons (Fsp3) is 0.929. The molecule has 0 aromatic carbocycles. The van der Waals surface area contributed by atoms with Crippen LogP contribution in [-0.2, 0) is 14.6 Å². The molecule has 1 aliphatic heterocycles. The fourth-order valence-electron chi connectivity index (χ4n) is 2.73. The van der Waals surface area contributed by atoms with E-state index < -0.39 is 20.8 Å². The Bertz CT molecular complexity index is 438. The molecule has 1 saturated heterocycles. The Balaban J connectivity index is 3.10. The lowest BCUT2D eigenvalue weighted by molar-refractivity contribution is -0.134. The summed E-state index contributed by atoms with van der Waals surface area (Å²) in [5, 5.41) is 3.40. The third-order valence-electron chi connectivity index (χ3n) is 3.41. The molecule has 112 valence electrons. The summed E-state index contributed by atoms with van der Waals surface area (Å²) in [7, 11) is -2.98. The van der Waals surface area contributed by atoms with E-state index in [0.717, 1.165) is 0 Å². The number of ketones is 1. The Morgan fingerprint density at radius 1 is 1.00 bits per heavy atom. The van der Waals surface area contributed by atoms with Crippen molar-refractivity contribution in [3.8, 4) is 0 Å². The van der Waals surface area contributed by atoms with Crippen molar-refractivity contribution in [2.24, 2.45) is 5.41 Å². The van der Waals surface area contributed by atoms with Crippen LogP contribution in [0.5, 0.6) is 0 Å². The van der Waals surface area contributed by atoms with Gasteiger partial charge in [0.2, 0.25) is 0 Å². The van der Waals surface area contributed by atoms with Gasteiger partial charge in [-0.1, -0.05) is 20.8 Å². The van der Waals surface area contributed by atoms with Gasteiger partial charge in [0.15, 0.2) is 5.78 Å². The summed E-state index contributed by atoms with van der Waals surface area (Å²) < 4.78 is 23.3. The second-order valence-corrected chi connectivity index (χ2v) is 9.99. The van der Waals surface area contributed by atoms with Gasteiger partial charge in [0.05, 0.1) is 17.0 Å². The molecule has 0 amide bonds. The third kappa shape index (κ3) is 4.28. The molecule has 0 saturated carbocycles. The molecule has 0 radical (unpaired) electrons. The van der Waals surface area contributed by atoms with Gasteiger partial charge in [0.1, 0.15) is 9.84 Å². The second-order valence-electron chi connectivity index (χ2n) is 7.69. The predicted molar refractivity (Wildman–Crippen MR) is 78.0 cm³/mol. The maximum atomic E-state index is 12.8. The van der Waals surface area contributed by atoms with Crippen molar-refractivity contribution in [3.63, 3.8) is 0 Å². The van der Waals surface area contributed by atoms with Gasteiger partial charge in [0.25, 0.3) is 0 Å². The van der Waals surface area contributed by atoms with Gasteiger partial charge in [-0.25, -0.2) is 8.42 Å². The fourth-order valence-corrected chi connectivity index (χ4v) is 4.25. The van der Waals surface area contributed by atoms with Crippen LogP contribution in [0.4, 0.5) is 0 Å². The minimum absolute atomic E-state index is 0.0951. The lowest BCUT2D eigenvalue weighted by Gasteiger charge is -2.44. The second kappa shape index (κ2) is 4.85. The smallest absolute Gasteiger partial charge is 0.158 e. The van der Waals surface area contributed by atoms with Crippen LogP contribution in [0.15, 0.2) is 0 Å². The highest BCUT2D eigenvalue weighted by Crippen LogP contribution is 2.33. The molecular formula is C14H27NO3S. The number of hydrogen-bond acceptors (Lipinski definition) is 4. The summed E-state index contributed by atoms with van der Waals surface area (Å²) in [4.78, 5) is 12.8. The highest BCUT2D eigenvalue weighted by Gasteiger charge is 2.48. The molecule has 0 spiro atoms. The Labute approximate surface area is 117 Å². The van der Waals surface area contributed by atoms with Crippen LogP contribution in [0.1, 0.15) is 54.4 Å². The van der Waals surface area contributed by atoms with Crippen molar-refractivity contribution in [2.45, 2.75) is 65.5 Å². The average Bonchev–Trinajstić information content (AvgIpc) is 2.17. The summed E-state index contributed by atoms with van der Waals surface area (Å²) in [6.07, 6.45) is 0.755. The van der Waals surface area contributed by atoms with Gasteiger partial charge >= 0.3 is 0 Å². The van der Waals surface area contributed by atoms with Gasteiger partial charge in [-0.15, -0.1) is 0 Å². The van der Waals surface area contributed by atoms with Gasteiger partial charge in [-0.3, -0.25) is 4.79 Å². The average molecular weight is 289 g/mol. The molecule has 0 aliphatic carbocycles. The molecule has 5 heteroatoms. The van der Waals surface area contributed by atoms with Gasteiger partial charge < -0.3 is 5.32 Å². The Morgan fingerprint density at radius 2 is 1.42 bits per heavy atom. The molecule has 0 aromatic heterocycles. The molecule has 1 N–H and O–H groups in total. The first-order valence-electron chi connectivity index (χ1n) is 6.82. The number of nitrogens with one attached hydrogen (secondary N) is 1. The Morgan fingerprint density at radius 3 is 1.74 bits per heavy atom. The molecule has 1 fully saturated rings. The zero-order chi connectivity index (χ0) is 15.1. The SMILES string of the molecule is CC(C)(C)NC1(C(=O)C(C)(C)C)CCS(=O)(=O)CC1. The van der Waals surface area contributed by atoms with Crippen LogP contribution in [0.25, 0.3) is 0 Å². The van der Waals surface area contributed by atoms with Gasteiger partial charge in [-0.2, -0.15) is 0 Å². The standard InChI is InChI=1S/C14H27NO3S/c1-12(2,3)11(16)14(15-13(4,5)6)7-9-19(17,18)10-8-14/h15H,7-10H2,1-6H3. The number of carbonyl (C=O) groups excluding carboxylic acids is 1. The normalized spacial score (nSPS) is 23.1. The first-order valence-corrected chi connectivity index (χ1v) is 8.64. The largest absolute Gasteiger partial charge is 0.300 e. The number of carbonyl (C=O) groups is 1. The lowest BCUT2D eigenvalue weighted by Crippen LogP contribution is -2.64. The molecule has 4 nitrogen and oxygen atoms in total. The van der Waals surface area contributed by atoms with Crippen LogP contribution >= 0.6 is 0 Å². The van der Waals surface area contributed by atoms with Crippen molar-refractivity contribution in [1.82, 2.24) is 5.32 Å². The molecule has 1 aliphatic rings. The molecular weight excluding hydrogens is 262 g/mol. The summed E-state index contributed by atoms with van der Waals surface area (Å²) in [5.74, 6) is 0.306. The third-order valence-corrected chi connectivity index (χ3v) is 5.06. The minimum atomic E-state index is -2.98. The summed E-state index contributed by atoms with van der Waals surface area (Å²) in [6.45, 7) is 11.7. The molecule has 1 rings (SSSR count). The van der Waals surface area contributed by atoms with E-state index in [-0.39, 0.29) is 22.8 Å². The van der Waals surface area contributed by atoms with E-state index in [0.29, 0.717) is 12.8 Å². The van der Waals surface area contributed by atoms with E-state index in [1.165, 1.54) is 0 Å². The van der Waals surface area contributed by atoms with Crippen LogP contribution in [0, 0.1) is 5.41 Å². The van der Waals surface area contributed by atoms with Crippen LogP contribution in [0.2, 0.25) is 0 Å². The van der Waals surface area contributed by atoms with Crippen LogP contribution < -0.4 is 5.32 Å². The van der Waals surface area contributed by atoms with E-state index in [1.54, 1.807) is 0 Å². The number of hydrogen-bond donors (Lipinski definition) is 1. The maximum absolute atomic E-state index is 12.8. The van der Waals surface area contributed by atoms with Crippen molar-refractivity contribution in [3.05, 3.63) is 0 Å². The number of Topliss-reactive ketones (excluding diaryl/α,β-unsaturated/α-hetero) is 1. The summed E-state index contributed by atoms with van der Waals surface area (Å²) in [5.41, 5.74) is -1.40. The molecule has 19 heavy (non-hydrogen) atoms. The quantitative estimate of drug-likeness (QED) is 0.844. The van der Waals surface area contributed by atoms with E-state index in [2.05, 4.69) is 5.32 Å². The number of sulfone groups is 1. The number of rotatable bonds is 2. The Kier molecular flexibility index (Phi) is 4.24. The highest BCUT2D eigenvalue weighted by atomic mass is 32.2. The monoisotopic (exact) mass is 289 g/mol. The molecule has 0 bridgehead atoms. The minimum Gasteiger partial charge on any atom is -0.300 e. The van der Waals surface area contributed by atoms with E-state index in [9.17, 15) is 13.2 Å². The van der Waals surface area contributed by atoms with E-state index >= 15 is 0 Å². The topological polar surface area (TPSA) is 63.2 Å². The zero-order valence-electron chi connectivity index (χ0n) is 13.0. The molecule has 0 unspecified atom stereocenters. The van der Waals surface area contributed by atoms with Crippen molar-refractivity contribution in [1.29, 1.82) is 0 Å². The van der Waals surface area contributed by atoms with Gasteiger partial charge in [0, 0.05) is 11.0 Å². The van der Waals surface area contributed by atoms with E-state index in [4.69, 9.17) is 0 Å². The maximum Gasteiger partial charge on any atom is 0.158 e.